The fourth-order valence-corrected chi connectivity index (χ4v) is 3.14. The lowest BCUT2D eigenvalue weighted by Gasteiger charge is -2.10. The minimum Gasteiger partial charge on any atom is -0.616 e. The van der Waals surface area contributed by atoms with Crippen LogP contribution in [0.4, 0.5) is 0 Å². The van der Waals surface area contributed by atoms with Crippen LogP contribution < -0.4 is 0 Å². The first-order valence-corrected chi connectivity index (χ1v) is 5.59. The second-order valence-corrected chi connectivity index (χ2v) is 4.58. The lowest BCUT2D eigenvalue weighted by atomic mass is 9.96. The minimum absolute atomic E-state index is 0.187. The molecule has 2 unspecified atom stereocenters. The molecule has 1 saturated heterocycles. The average Bonchev–Trinajstić information content (AvgIpc) is 2.58. The molecule has 1 heterocycles. The molecule has 1 aliphatic rings. The van der Waals surface area contributed by atoms with Crippen LogP contribution >= 0.6 is 0 Å². The fourth-order valence-electron chi connectivity index (χ4n) is 1.47. The SMILES string of the molecule is COC(=O)C1C[S+]([O-])CC1C(=O)OC. The standard InChI is InChI=1S/C8H12O5S/c1-12-7(9)5-3-14(11)4-6(5)8(10)13-2/h5-6H,3-4H2,1-2H3. The quantitative estimate of drug-likeness (QED) is 0.455. The first-order chi connectivity index (χ1) is 6.60. The van der Waals surface area contributed by atoms with Crippen LogP contribution in [0.1, 0.15) is 0 Å². The maximum atomic E-state index is 11.2. The van der Waals surface area contributed by atoms with Crippen LogP contribution in [0, 0.1) is 11.8 Å². The van der Waals surface area contributed by atoms with E-state index in [4.69, 9.17) is 0 Å². The molecular weight excluding hydrogens is 208 g/mol. The van der Waals surface area contributed by atoms with Crippen LogP contribution in [-0.4, -0.2) is 42.2 Å². The van der Waals surface area contributed by atoms with Crippen LogP contribution in [0.2, 0.25) is 0 Å². The number of ether oxygens (including phenoxy) is 2. The van der Waals surface area contributed by atoms with Gasteiger partial charge in [0.15, 0.2) is 0 Å². The second kappa shape index (κ2) is 4.65. The minimum atomic E-state index is -1.13. The summed E-state index contributed by atoms with van der Waals surface area (Å²) in [5.74, 6) is -1.85. The van der Waals surface area contributed by atoms with E-state index in [0.717, 1.165) is 0 Å². The Labute approximate surface area is 84.9 Å². The van der Waals surface area contributed by atoms with E-state index in [9.17, 15) is 14.1 Å². The van der Waals surface area contributed by atoms with Gasteiger partial charge in [0.2, 0.25) is 0 Å². The van der Waals surface area contributed by atoms with Crippen LogP contribution in [0.25, 0.3) is 0 Å². The van der Waals surface area contributed by atoms with Gasteiger partial charge in [0.1, 0.15) is 23.3 Å². The first-order valence-electron chi connectivity index (χ1n) is 4.10. The Morgan fingerprint density at radius 3 is 1.79 bits per heavy atom. The maximum Gasteiger partial charge on any atom is 0.314 e. The van der Waals surface area contributed by atoms with Crippen molar-refractivity contribution in [3.63, 3.8) is 0 Å². The fraction of sp³-hybridized carbons (Fsp3) is 0.750. The highest BCUT2D eigenvalue weighted by molar-refractivity contribution is 7.91. The molecule has 1 fully saturated rings. The number of hydrogen-bond acceptors (Lipinski definition) is 5. The van der Waals surface area contributed by atoms with Crippen LogP contribution in [-0.2, 0) is 30.2 Å². The van der Waals surface area contributed by atoms with Crippen molar-refractivity contribution < 1.29 is 23.6 Å². The summed E-state index contributed by atoms with van der Waals surface area (Å²) in [6, 6.07) is 0. The maximum absolute atomic E-state index is 11.2. The number of esters is 2. The van der Waals surface area contributed by atoms with Gasteiger partial charge < -0.3 is 14.0 Å². The summed E-state index contributed by atoms with van der Waals surface area (Å²) in [5, 5.41) is 0. The molecule has 0 bridgehead atoms. The number of hydrogen-bond donors (Lipinski definition) is 0. The third-order valence-electron chi connectivity index (χ3n) is 2.22. The largest absolute Gasteiger partial charge is 0.616 e. The molecular formula is C8H12O5S. The molecule has 80 valence electrons. The van der Waals surface area contributed by atoms with Gasteiger partial charge in [0.25, 0.3) is 0 Å². The molecule has 6 heteroatoms. The van der Waals surface area contributed by atoms with Crippen molar-refractivity contribution in [1.82, 2.24) is 0 Å². The monoisotopic (exact) mass is 220 g/mol. The molecule has 14 heavy (non-hydrogen) atoms. The summed E-state index contributed by atoms with van der Waals surface area (Å²) in [6.45, 7) is 0. The van der Waals surface area contributed by atoms with Crippen molar-refractivity contribution >= 4 is 23.1 Å². The number of carbonyl (C=O) groups excluding carboxylic acids is 2. The zero-order valence-corrected chi connectivity index (χ0v) is 8.83. The Morgan fingerprint density at radius 2 is 1.50 bits per heavy atom. The van der Waals surface area contributed by atoms with Crippen molar-refractivity contribution in [3.05, 3.63) is 0 Å². The van der Waals surface area contributed by atoms with Gasteiger partial charge in [-0.05, 0) is 0 Å². The van der Waals surface area contributed by atoms with Gasteiger partial charge >= 0.3 is 11.9 Å². The second-order valence-electron chi connectivity index (χ2n) is 3.03. The van der Waals surface area contributed by atoms with E-state index < -0.39 is 35.0 Å². The van der Waals surface area contributed by atoms with Gasteiger partial charge in [-0.3, -0.25) is 9.59 Å². The van der Waals surface area contributed by atoms with Crippen molar-refractivity contribution in [2.45, 2.75) is 0 Å². The molecule has 0 spiro atoms. The lowest BCUT2D eigenvalue weighted by molar-refractivity contribution is -0.155. The Morgan fingerprint density at radius 1 is 1.14 bits per heavy atom. The van der Waals surface area contributed by atoms with Gasteiger partial charge in [-0.25, -0.2) is 0 Å². The lowest BCUT2D eigenvalue weighted by Crippen LogP contribution is -2.30. The molecule has 0 aromatic carbocycles. The molecule has 2 atom stereocenters. The van der Waals surface area contributed by atoms with Gasteiger partial charge in [-0.15, -0.1) is 0 Å². The smallest absolute Gasteiger partial charge is 0.314 e. The third-order valence-corrected chi connectivity index (χ3v) is 3.69. The van der Waals surface area contributed by atoms with Gasteiger partial charge in [-0.2, -0.15) is 0 Å². The van der Waals surface area contributed by atoms with Crippen LogP contribution in [0.3, 0.4) is 0 Å². The van der Waals surface area contributed by atoms with Crippen molar-refractivity contribution in [2.75, 3.05) is 25.7 Å². The summed E-state index contributed by atoms with van der Waals surface area (Å²) in [5.41, 5.74) is 0. The zero-order chi connectivity index (χ0) is 10.7. The average molecular weight is 220 g/mol. The number of methoxy groups -OCH3 is 2. The van der Waals surface area contributed by atoms with E-state index in [1.54, 1.807) is 0 Å². The topological polar surface area (TPSA) is 75.7 Å². The Kier molecular flexibility index (Phi) is 3.77. The summed E-state index contributed by atoms with van der Waals surface area (Å²) >= 11 is -1.13. The van der Waals surface area contributed by atoms with E-state index in [1.165, 1.54) is 14.2 Å². The van der Waals surface area contributed by atoms with Crippen LogP contribution in [0.5, 0.6) is 0 Å². The van der Waals surface area contributed by atoms with Crippen LogP contribution in [0.15, 0.2) is 0 Å². The molecule has 5 nitrogen and oxygen atoms in total. The molecule has 0 amide bonds. The van der Waals surface area contributed by atoms with Gasteiger partial charge in [0.05, 0.1) is 14.2 Å². The van der Waals surface area contributed by atoms with E-state index in [2.05, 4.69) is 9.47 Å². The Balaban J connectivity index is 2.72. The molecule has 0 aromatic rings. The van der Waals surface area contributed by atoms with E-state index in [0.29, 0.717) is 0 Å². The molecule has 1 rings (SSSR count). The highest BCUT2D eigenvalue weighted by atomic mass is 32.2. The van der Waals surface area contributed by atoms with E-state index >= 15 is 0 Å². The summed E-state index contributed by atoms with van der Waals surface area (Å²) < 4.78 is 20.3. The summed E-state index contributed by atoms with van der Waals surface area (Å²) in [7, 11) is 2.50. The molecule has 0 radical (unpaired) electrons. The Hall–Kier alpha value is -0.750. The molecule has 0 aliphatic carbocycles. The predicted molar refractivity (Wildman–Crippen MR) is 48.9 cm³/mol. The highest BCUT2D eigenvalue weighted by Gasteiger charge is 2.47. The van der Waals surface area contributed by atoms with E-state index in [-0.39, 0.29) is 11.5 Å². The van der Waals surface area contributed by atoms with Gasteiger partial charge in [-0.1, -0.05) is 11.2 Å². The third kappa shape index (κ3) is 2.19. The molecule has 0 aromatic heterocycles. The molecule has 0 N–H and O–H groups in total. The normalized spacial score (nSPS) is 31.2. The number of carbonyl (C=O) groups is 2. The molecule has 1 aliphatic heterocycles. The van der Waals surface area contributed by atoms with Gasteiger partial charge in [0, 0.05) is 0 Å². The molecule has 0 saturated carbocycles. The predicted octanol–water partition coefficient (Wildman–Crippen LogP) is -0.673. The Bertz CT molecular complexity index is 218. The zero-order valence-electron chi connectivity index (χ0n) is 8.02. The summed E-state index contributed by atoms with van der Waals surface area (Å²) in [4.78, 5) is 22.5. The number of rotatable bonds is 2. The van der Waals surface area contributed by atoms with Crippen molar-refractivity contribution in [2.24, 2.45) is 11.8 Å². The first kappa shape index (κ1) is 11.3. The van der Waals surface area contributed by atoms with E-state index in [1.807, 2.05) is 0 Å². The summed E-state index contributed by atoms with van der Waals surface area (Å²) in [6.07, 6.45) is 0. The van der Waals surface area contributed by atoms with Crippen molar-refractivity contribution in [3.8, 4) is 0 Å². The van der Waals surface area contributed by atoms with Crippen molar-refractivity contribution in [1.29, 1.82) is 0 Å². The highest BCUT2D eigenvalue weighted by Crippen LogP contribution is 2.27.